The molecule has 5 heteroatoms. The van der Waals surface area contributed by atoms with E-state index in [1.165, 1.54) is 7.11 Å². The number of amides is 1. The fourth-order valence-electron chi connectivity index (χ4n) is 1.11. The fourth-order valence-corrected chi connectivity index (χ4v) is 1.11. The Morgan fingerprint density at radius 1 is 1.56 bits per heavy atom. The van der Waals surface area contributed by atoms with Crippen molar-refractivity contribution in [3.63, 3.8) is 0 Å². The van der Waals surface area contributed by atoms with Crippen molar-refractivity contribution in [1.82, 2.24) is 0 Å². The average Bonchev–Trinajstić information content (AvgIpc) is 2.27. The molecule has 1 aromatic rings. The van der Waals surface area contributed by atoms with Gasteiger partial charge in [-0.1, -0.05) is 6.07 Å². The van der Waals surface area contributed by atoms with Gasteiger partial charge < -0.3 is 14.8 Å². The molecule has 0 aliphatic heterocycles. The minimum atomic E-state index is -0.236. The molecule has 0 saturated heterocycles. The van der Waals surface area contributed by atoms with Crippen molar-refractivity contribution in [3.05, 3.63) is 24.3 Å². The standard InChI is InChI=1S/C11H12N2O3/c1-15-8-11(14)13-9-3-2-4-10(7-9)16-6-5-12/h2-4,7H,6,8H2,1H3,(H,13,14). The molecule has 1 aromatic carbocycles. The van der Waals surface area contributed by atoms with Crippen molar-refractivity contribution >= 4 is 11.6 Å². The molecule has 0 atom stereocenters. The second-order valence-corrected chi connectivity index (χ2v) is 2.96. The molecule has 0 unspecified atom stereocenters. The van der Waals surface area contributed by atoms with E-state index in [2.05, 4.69) is 10.1 Å². The molecule has 0 fully saturated rings. The number of carbonyl (C=O) groups excluding carboxylic acids is 1. The fraction of sp³-hybridized carbons (Fsp3) is 0.273. The summed E-state index contributed by atoms with van der Waals surface area (Å²) in [6, 6.07) is 8.68. The molecular formula is C11H12N2O3. The number of benzene rings is 1. The monoisotopic (exact) mass is 220 g/mol. The van der Waals surface area contributed by atoms with E-state index in [1.807, 2.05) is 6.07 Å². The van der Waals surface area contributed by atoms with Crippen LogP contribution in [-0.2, 0) is 9.53 Å². The molecule has 0 aromatic heterocycles. The smallest absolute Gasteiger partial charge is 0.250 e. The van der Waals surface area contributed by atoms with Crippen molar-refractivity contribution < 1.29 is 14.3 Å². The van der Waals surface area contributed by atoms with Crippen LogP contribution in [0.4, 0.5) is 5.69 Å². The molecule has 0 aliphatic rings. The zero-order chi connectivity index (χ0) is 11.8. The second kappa shape index (κ2) is 6.43. The third-order valence-electron chi connectivity index (χ3n) is 1.70. The molecule has 84 valence electrons. The molecule has 0 spiro atoms. The number of hydrogen-bond acceptors (Lipinski definition) is 4. The molecule has 0 saturated carbocycles. The van der Waals surface area contributed by atoms with E-state index in [0.29, 0.717) is 11.4 Å². The number of nitrogens with one attached hydrogen (secondary N) is 1. The number of ether oxygens (including phenoxy) is 2. The SMILES string of the molecule is COCC(=O)Nc1cccc(OCC#N)c1. The maximum atomic E-state index is 11.2. The summed E-state index contributed by atoms with van der Waals surface area (Å²) < 4.78 is 9.78. The van der Waals surface area contributed by atoms with E-state index < -0.39 is 0 Å². The Labute approximate surface area is 93.6 Å². The van der Waals surface area contributed by atoms with Crippen LogP contribution in [0.25, 0.3) is 0 Å². The minimum absolute atomic E-state index is 0.00325. The lowest BCUT2D eigenvalue weighted by Crippen LogP contribution is -2.17. The number of methoxy groups -OCH3 is 1. The van der Waals surface area contributed by atoms with Crippen LogP contribution >= 0.6 is 0 Å². The highest BCUT2D eigenvalue weighted by molar-refractivity contribution is 5.91. The lowest BCUT2D eigenvalue weighted by Gasteiger charge is -2.06. The van der Waals surface area contributed by atoms with Gasteiger partial charge in [-0.2, -0.15) is 5.26 Å². The first-order valence-electron chi connectivity index (χ1n) is 4.65. The highest BCUT2D eigenvalue weighted by Crippen LogP contribution is 2.16. The number of rotatable bonds is 5. The van der Waals surface area contributed by atoms with Crippen LogP contribution in [0.3, 0.4) is 0 Å². The van der Waals surface area contributed by atoms with E-state index in [0.717, 1.165) is 0 Å². The van der Waals surface area contributed by atoms with Gasteiger partial charge in [0.15, 0.2) is 6.61 Å². The van der Waals surface area contributed by atoms with Crippen LogP contribution in [0.5, 0.6) is 5.75 Å². The van der Waals surface area contributed by atoms with Crippen molar-refractivity contribution in [2.24, 2.45) is 0 Å². The molecule has 0 radical (unpaired) electrons. The van der Waals surface area contributed by atoms with Crippen LogP contribution in [-0.4, -0.2) is 26.2 Å². The highest BCUT2D eigenvalue weighted by Gasteiger charge is 2.02. The Balaban J connectivity index is 2.60. The Morgan fingerprint density at radius 3 is 3.06 bits per heavy atom. The van der Waals surface area contributed by atoms with E-state index >= 15 is 0 Å². The van der Waals surface area contributed by atoms with Crippen LogP contribution in [0.1, 0.15) is 0 Å². The van der Waals surface area contributed by atoms with Crippen molar-refractivity contribution in [2.45, 2.75) is 0 Å². The van der Waals surface area contributed by atoms with E-state index in [-0.39, 0.29) is 19.1 Å². The second-order valence-electron chi connectivity index (χ2n) is 2.96. The summed E-state index contributed by atoms with van der Waals surface area (Å²) in [6.45, 7) is -0.0151. The largest absolute Gasteiger partial charge is 0.479 e. The van der Waals surface area contributed by atoms with Crippen LogP contribution in [0.2, 0.25) is 0 Å². The van der Waals surface area contributed by atoms with Gasteiger partial charge in [-0.3, -0.25) is 4.79 Å². The summed E-state index contributed by atoms with van der Waals surface area (Å²) in [4.78, 5) is 11.2. The van der Waals surface area contributed by atoms with Gasteiger partial charge in [-0.25, -0.2) is 0 Å². The quantitative estimate of drug-likeness (QED) is 0.808. The number of nitriles is 1. The van der Waals surface area contributed by atoms with Gasteiger partial charge >= 0.3 is 0 Å². The third kappa shape index (κ3) is 3.98. The normalized spacial score (nSPS) is 9.25. The topological polar surface area (TPSA) is 71.3 Å². The van der Waals surface area contributed by atoms with Crippen molar-refractivity contribution in [2.75, 3.05) is 25.6 Å². The lowest BCUT2D eigenvalue weighted by molar-refractivity contribution is -0.119. The zero-order valence-electron chi connectivity index (χ0n) is 8.90. The lowest BCUT2D eigenvalue weighted by atomic mass is 10.3. The molecular weight excluding hydrogens is 208 g/mol. The van der Waals surface area contributed by atoms with Gasteiger partial charge in [0, 0.05) is 18.9 Å². The van der Waals surface area contributed by atoms with E-state index in [9.17, 15) is 4.79 Å². The predicted octanol–water partition coefficient (Wildman–Crippen LogP) is 1.17. The average molecular weight is 220 g/mol. The summed E-state index contributed by atoms with van der Waals surface area (Å²) >= 11 is 0. The molecule has 1 rings (SSSR count). The molecule has 5 nitrogen and oxygen atoms in total. The van der Waals surface area contributed by atoms with Crippen LogP contribution < -0.4 is 10.1 Å². The maximum Gasteiger partial charge on any atom is 0.250 e. The van der Waals surface area contributed by atoms with E-state index in [4.69, 9.17) is 10.00 Å². The summed E-state index contributed by atoms with van der Waals surface area (Å²) in [5.74, 6) is 0.303. The highest BCUT2D eigenvalue weighted by atomic mass is 16.5. The minimum Gasteiger partial charge on any atom is -0.479 e. The summed E-state index contributed by atoms with van der Waals surface area (Å²) in [6.07, 6.45) is 0. The zero-order valence-corrected chi connectivity index (χ0v) is 8.90. The summed E-state index contributed by atoms with van der Waals surface area (Å²) in [5.41, 5.74) is 0.609. The van der Waals surface area contributed by atoms with Crippen LogP contribution in [0, 0.1) is 11.3 Å². The third-order valence-corrected chi connectivity index (χ3v) is 1.70. The first-order valence-corrected chi connectivity index (χ1v) is 4.65. The summed E-state index contributed by atoms with van der Waals surface area (Å²) in [7, 11) is 1.45. The summed E-state index contributed by atoms with van der Waals surface area (Å²) in [5, 5.41) is 11.0. The van der Waals surface area contributed by atoms with Crippen molar-refractivity contribution in [1.29, 1.82) is 5.26 Å². The molecule has 0 heterocycles. The number of hydrogen-bond donors (Lipinski definition) is 1. The number of carbonyl (C=O) groups is 1. The van der Waals surface area contributed by atoms with Crippen molar-refractivity contribution in [3.8, 4) is 11.8 Å². The molecule has 1 amide bonds. The van der Waals surface area contributed by atoms with E-state index in [1.54, 1.807) is 24.3 Å². The van der Waals surface area contributed by atoms with Gasteiger partial charge in [0.25, 0.3) is 0 Å². The van der Waals surface area contributed by atoms with Gasteiger partial charge in [0.05, 0.1) is 0 Å². The maximum absolute atomic E-state index is 11.2. The Kier molecular flexibility index (Phi) is 4.83. The van der Waals surface area contributed by atoms with Gasteiger partial charge in [0.2, 0.25) is 5.91 Å². The predicted molar refractivity (Wildman–Crippen MR) is 58.1 cm³/mol. The molecule has 0 aliphatic carbocycles. The van der Waals surface area contributed by atoms with Gasteiger partial charge in [-0.15, -0.1) is 0 Å². The first-order chi connectivity index (χ1) is 7.76. The Morgan fingerprint density at radius 2 is 2.38 bits per heavy atom. The van der Waals surface area contributed by atoms with Crippen LogP contribution in [0.15, 0.2) is 24.3 Å². The van der Waals surface area contributed by atoms with Gasteiger partial charge in [-0.05, 0) is 12.1 Å². The van der Waals surface area contributed by atoms with Gasteiger partial charge in [0.1, 0.15) is 18.4 Å². The number of anilines is 1. The molecule has 0 bridgehead atoms. The molecule has 16 heavy (non-hydrogen) atoms. The Bertz CT molecular complexity index is 398. The Hall–Kier alpha value is -2.06. The number of nitrogens with zero attached hydrogens (tertiary/aromatic N) is 1. The first kappa shape index (κ1) is 12.0. The molecule has 1 N–H and O–H groups in total.